The number of benzene rings is 2. The van der Waals surface area contributed by atoms with E-state index in [4.69, 9.17) is 29.3 Å². The minimum atomic E-state index is -0.385. The molecule has 13 heteroatoms. The highest BCUT2D eigenvalue weighted by atomic mass is 32.1. The second-order valence-corrected chi connectivity index (χ2v) is 11.8. The monoisotopic (exact) mass is 653 g/mol. The summed E-state index contributed by atoms with van der Waals surface area (Å²) in [4.78, 5) is 23.9. The molecule has 6 aromatic rings. The predicted molar refractivity (Wildman–Crippen MR) is 179 cm³/mol. The standard InChI is InChI=1S/C34H35N7O5S/c1-6-41-31(32(20(2)39-41)46-19-21-10-8-7-9-11-21)34-38-30(28(18-42)47-34)29-24-17-36-40(3)26(24)15-25(37-29)33(43)35-16-22-12-13-23(44-4)14-27(22)45-5/h7-15,17,42H,6,16,18-19H2,1-5H3,(H,35,43). The molecule has 0 bridgehead atoms. The van der Waals surface area contributed by atoms with Crippen molar-refractivity contribution < 1.29 is 24.1 Å². The van der Waals surface area contributed by atoms with Crippen LogP contribution < -0.4 is 19.5 Å². The number of methoxy groups -OCH3 is 2. The minimum absolute atomic E-state index is 0.184. The van der Waals surface area contributed by atoms with Crippen molar-refractivity contribution in [3.8, 4) is 39.3 Å². The number of hydrogen-bond acceptors (Lipinski definition) is 10. The van der Waals surface area contributed by atoms with Crippen molar-refractivity contribution in [2.24, 2.45) is 7.05 Å². The van der Waals surface area contributed by atoms with Gasteiger partial charge in [0, 0.05) is 37.2 Å². The van der Waals surface area contributed by atoms with Gasteiger partial charge in [-0.15, -0.1) is 11.3 Å². The van der Waals surface area contributed by atoms with Crippen LogP contribution in [0.2, 0.25) is 0 Å². The van der Waals surface area contributed by atoms with E-state index in [-0.39, 0.29) is 24.8 Å². The van der Waals surface area contributed by atoms with Crippen LogP contribution in [0.4, 0.5) is 0 Å². The normalized spacial score (nSPS) is 11.2. The van der Waals surface area contributed by atoms with Crippen molar-refractivity contribution in [2.75, 3.05) is 14.2 Å². The molecule has 0 unspecified atom stereocenters. The summed E-state index contributed by atoms with van der Waals surface area (Å²) >= 11 is 1.34. The van der Waals surface area contributed by atoms with Gasteiger partial charge in [-0.3, -0.25) is 14.2 Å². The van der Waals surface area contributed by atoms with Gasteiger partial charge in [0.1, 0.15) is 51.6 Å². The van der Waals surface area contributed by atoms with Gasteiger partial charge in [0.2, 0.25) is 0 Å². The number of aliphatic hydroxyl groups is 1. The highest BCUT2D eigenvalue weighted by Crippen LogP contribution is 2.41. The molecule has 0 aliphatic heterocycles. The van der Waals surface area contributed by atoms with Crippen molar-refractivity contribution in [2.45, 2.75) is 40.2 Å². The van der Waals surface area contributed by atoms with E-state index in [2.05, 4.69) is 10.4 Å². The van der Waals surface area contributed by atoms with Crippen LogP contribution in [0, 0.1) is 6.92 Å². The molecular formula is C34H35N7O5S. The second kappa shape index (κ2) is 13.6. The number of aliphatic hydroxyl groups excluding tert-OH is 1. The fourth-order valence-electron chi connectivity index (χ4n) is 5.35. The molecule has 4 heterocycles. The highest BCUT2D eigenvalue weighted by molar-refractivity contribution is 7.15. The molecule has 1 amide bonds. The number of nitrogens with one attached hydrogen (secondary N) is 1. The molecule has 0 radical (unpaired) electrons. The minimum Gasteiger partial charge on any atom is -0.497 e. The number of carbonyl (C=O) groups is 1. The van der Waals surface area contributed by atoms with Gasteiger partial charge >= 0.3 is 0 Å². The average molecular weight is 654 g/mol. The molecular weight excluding hydrogens is 618 g/mol. The number of hydrogen-bond donors (Lipinski definition) is 2. The van der Waals surface area contributed by atoms with E-state index in [1.807, 2.05) is 61.0 Å². The number of pyridine rings is 1. The molecule has 47 heavy (non-hydrogen) atoms. The third kappa shape index (κ3) is 6.27. The maximum absolute atomic E-state index is 13.5. The molecule has 12 nitrogen and oxygen atoms in total. The number of aromatic nitrogens is 6. The summed E-state index contributed by atoms with van der Waals surface area (Å²) in [5, 5.41) is 23.9. The summed E-state index contributed by atoms with van der Waals surface area (Å²) in [6.45, 7) is 4.80. The van der Waals surface area contributed by atoms with E-state index in [0.29, 0.717) is 62.6 Å². The van der Waals surface area contributed by atoms with Crippen LogP contribution in [0.15, 0.2) is 60.8 Å². The Balaban J connectivity index is 1.37. The molecule has 0 saturated carbocycles. The van der Waals surface area contributed by atoms with Gasteiger partial charge in [0.25, 0.3) is 5.91 Å². The summed E-state index contributed by atoms with van der Waals surface area (Å²) in [6.07, 6.45) is 1.69. The summed E-state index contributed by atoms with van der Waals surface area (Å²) in [6, 6.07) is 17.0. The maximum Gasteiger partial charge on any atom is 0.270 e. The molecule has 4 aromatic heterocycles. The quantitative estimate of drug-likeness (QED) is 0.180. The van der Waals surface area contributed by atoms with Crippen molar-refractivity contribution in [1.82, 2.24) is 34.8 Å². The van der Waals surface area contributed by atoms with E-state index in [1.165, 1.54) is 11.3 Å². The predicted octanol–water partition coefficient (Wildman–Crippen LogP) is 5.30. The van der Waals surface area contributed by atoms with Crippen molar-refractivity contribution in [1.29, 1.82) is 0 Å². The van der Waals surface area contributed by atoms with Gasteiger partial charge in [-0.2, -0.15) is 10.2 Å². The van der Waals surface area contributed by atoms with Crippen LogP contribution in [-0.2, 0) is 33.4 Å². The van der Waals surface area contributed by atoms with E-state index in [9.17, 15) is 9.90 Å². The Hall–Kier alpha value is -5.27. The number of amides is 1. The topological polar surface area (TPSA) is 138 Å². The van der Waals surface area contributed by atoms with Gasteiger partial charge < -0.3 is 24.6 Å². The van der Waals surface area contributed by atoms with E-state index >= 15 is 0 Å². The third-order valence-corrected chi connectivity index (χ3v) is 8.82. The number of fused-ring (bicyclic) bond motifs is 1. The zero-order valence-electron chi connectivity index (χ0n) is 26.8. The fourth-order valence-corrected chi connectivity index (χ4v) is 6.32. The molecule has 6 rings (SSSR count). The number of nitrogens with zero attached hydrogens (tertiary/aromatic N) is 6. The molecule has 0 aliphatic carbocycles. The van der Waals surface area contributed by atoms with Gasteiger partial charge in [-0.25, -0.2) is 9.97 Å². The lowest BCUT2D eigenvalue weighted by Gasteiger charge is -2.12. The summed E-state index contributed by atoms with van der Waals surface area (Å²) in [5.41, 5.74) is 5.06. The third-order valence-electron chi connectivity index (χ3n) is 7.78. The van der Waals surface area contributed by atoms with Gasteiger partial charge in [-0.05, 0) is 37.6 Å². The molecule has 0 atom stereocenters. The number of rotatable bonds is 12. The van der Waals surface area contributed by atoms with Crippen molar-refractivity contribution in [3.63, 3.8) is 0 Å². The zero-order valence-corrected chi connectivity index (χ0v) is 27.6. The summed E-state index contributed by atoms with van der Waals surface area (Å²) in [5.74, 6) is 1.49. The smallest absolute Gasteiger partial charge is 0.270 e. The Labute approximate surface area is 275 Å². The zero-order chi connectivity index (χ0) is 33.1. The Kier molecular flexibility index (Phi) is 9.18. The summed E-state index contributed by atoms with van der Waals surface area (Å²) in [7, 11) is 4.95. The van der Waals surface area contributed by atoms with Crippen molar-refractivity contribution >= 4 is 28.1 Å². The molecule has 0 spiro atoms. The van der Waals surface area contributed by atoms with E-state index < -0.39 is 0 Å². The Morgan fingerprint density at radius 3 is 2.57 bits per heavy atom. The lowest BCUT2D eigenvalue weighted by Crippen LogP contribution is -2.24. The second-order valence-electron chi connectivity index (χ2n) is 10.7. The molecule has 0 saturated heterocycles. The van der Waals surface area contributed by atoms with Crippen LogP contribution in [0.25, 0.3) is 33.0 Å². The van der Waals surface area contributed by atoms with Crippen LogP contribution >= 0.6 is 11.3 Å². The van der Waals surface area contributed by atoms with Gasteiger partial charge in [0.15, 0.2) is 5.75 Å². The van der Waals surface area contributed by atoms with Crippen LogP contribution in [-0.4, -0.2) is 54.8 Å². The number of carbonyl (C=O) groups excluding carboxylic acids is 1. The highest BCUT2D eigenvalue weighted by Gasteiger charge is 2.26. The molecule has 242 valence electrons. The average Bonchev–Trinajstić information content (AvgIpc) is 3.80. The Bertz CT molecular complexity index is 2050. The maximum atomic E-state index is 13.5. The van der Waals surface area contributed by atoms with Crippen LogP contribution in [0.1, 0.15) is 39.1 Å². The lowest BCUT2D eigenvalue weighted by atomic mass is 10.1. The van der Waals surface area contributed by atoms with Crippen LogP contribution in [0.5, 0.6) is 17.2 Å². The van der Waals surface area contributed by atoms with Gasteiger partial charge in [0.05, 0.1) is 37.4 Å². The number of thiazole rings is 1. The SMILES string of the molecule is CCn1nc(C)c(OCc2ccccc2)c1-c1nc(-c2nc(C(=O)NCc3ccc(OC)cc3OC)cc3c2cnn3C)c(CO)s1. The first-order chi connectivity index (χ1) is 22.8. The molecule has 0 aliphatic rings. The first kappa shape index (κ1) is 31.7. The molecule has 2 aromatic carbocycles. The van der Waals surface area contributed by atoms with E-state index in [0.717, 1.165) is 22.5 Å². The number of ether oxygens (including phenoxy) is 3. The first-order valence-electron chi connectivity index (χ1n) is 15.0. The largest absolute Gasteiger partial charge is 0.497 e. The van der Waals surface area contributed by atoms with Gasteiger partial charge in [-0.1, -0.05) is 30.3 Å². The number of aryl methyl sites for hydroxylation is 3. The Morgan fingerprint density at radius 2 is 1.85 bits per heavy atom. The molecule has 0 fully saturated rings. The van der Waals surface area contributed by atoms with E-state index in [1.54, 1.807) is 44.3 Å². The first-order valence-corrected chi connectivity index (χ1v) is 15.8. The van der Waals surface area contributed by atoms with Crippen LogP contribution in [0.3, 0.4) is 0 Å². The lowest BCUT2D eigenvalue weighted by molar-refractivity contribution is 0.0946. The fraction of sp³-hybridized carbons (Fsp3) is 0.265. The summed E-state index contributed by atoms with van der Waals surface area (Å²) < 4.78 is 20.6. The Morgan fingerprint density at radius 1 is 1.04 bits per heavy atom. The van der Waals surface area contributed by atoms with Crippen molar-refractivity contribution in [3.05, 3.63) is 88.2 Å². The molecule has 2 N–H and O–H groups in total.